The lowest BCUT2D eigenvalue weighted by molar-refractivity contribution is 0.297. The van der Waals surface area contributed by atoms with Crippen molar-refractivity contribution in [2.24, 2.45) is 12.2 Å². The molecule has 2 aromatic rings. The number of aromatic nitrogens is 2. The van der Waals surface area contributed by atoms with E-state index in [1.165, 1.54) is 18.2 Å². The summed E-state index contributed by atoms with van der Waals surface area (Å²) in [5, 5.41) is 5.20. The normalized spacial score (nSPS) is 11.5. The van der Waals surface area contributed by atoms with Gasteiger partial charge in [-0.15, -0.1) is 0 Å². The number of benzene rings is 1. The first kappa shape index (κ1) is 13.9. The molecule has 0 atom stereocenters. The highest BCUT2D eigenvalue weighted by atomic mass is 35.5. The van der Waals surface area contributed by atoms with E-state index in [4.69, 9.17) is 21.5 Å². The SMILES string of the molecule is Cn1cncc1COc1ccc(S(N)(=O)=O)cc1Cl. The van der Waals surface area contributed by atoms with Crippen LogP contribution in [0.3, 0.4) is 0 Å². The van der Waals surface area contributed by atoms with Crippen molar-refractivity contribution in [3.8, 4) is 5.75 Å². The van der Waals surface area contributed by atoms with Crippen molar-refractivity contribution < 1.29 is 13.2 Å². The summed E-state index contributed by atoms with van der Waals surface area (Å²) in [7, 11) is -1.92. The molecule has 1 heterocycles. The number of ether oxygens (including phenoxy) is 1. The van der Waals surface area contributed by atoms with Crippen molar-refractivity contribution in [3.63, 3.8) is 0 Å². The molecule has 1 aromatic carbocycles. The fourth-order valence-electron chi connectivity index (χ4n) is 1.45. The summed E-state index contributed by atoms with van der Waals surface area (Å²) in [6, 6.07) is 4.08. The number of imidazole rings is 1. The maximum Gasteiger partial charge on any atom is 0.238 e. The van der Waals surface area contributed by atoms with Gasteiger partial charge in [0.1, 0.15) is 12.4 Å². The van der Waals surface area contributed by atoms with E-state index in [0.29, 0.717) is 5.75 Å². The fraction of sp³-hybridized carbons (Fsp3) is 0.182. The summed E-state index contributed by atoms with van der Waals surface area (Å²) >= 11 is 5.95. The zero-order valence-electron chi connectivity index (χ0n) is 10.1. The van der Waals surface area contributed by atoms with Crippen LogP contribution in [0.5, 0.6) is 5.75 Å². The molecule has 0 saturated heterocycles. The second-order valence-corrected chi connectivity index (χ2v) is 5.89. The van der Waals surface area contributed by atoms with E-state index < -0.39 is 10.0 Å². The summed E-state index contributed by atoms with van der Waals surface area (Å²) in [5.74, 6) is 0.385. The van der Waals surface area contributed by atoms with Gasteiger partial charge in [0, 0.05) is 7.05 Å². The second kappa shape index (κ2) is 5.20. The van der Waals surface area contributed by atoms with Crippen molar-refractivity contribution in [1.29, 1.82) is 0 Å². The molecule has 102 valence electrons. The van der Waals surface area contributed by atoms with Gasteiger partial charge in [0.15, 0.2) is 0 Å². The number of nitrogens with two attached hydrogens (primary N) is 1. The summed E-state index contributed by atoms with van der Waals surface area (Å²) < 4.78 is 29.6. The highest BCUT2D eigenvalue weighted by molar-refractivity contribution is 7.89. The molecule has 0 aliphatic carbocycles. The Morgan fingerprint density at radius 2 is 2.21 bits per heavy atom. The van der Waals surface area contributed by atoms with Crippen molar-refractivity contribution >= 4 is 21.6 Å². The number of nitrogens with zero attached hydrogens (tertiary/aromatic N) is 2. The maximum atomic E-state index is 11.2. The zero-order chi connectivity index (χ0) is 14.0. The molecule has 0 spiro atoms. The van der Waals surface area contributed by atoms with Gasteiger partial charge in [-0.05, 0) is 18.2 Å². The largest absolute Gasteiger partial charge is 0.486 e. The molecule has 0 saturated carbocycles. The molecule has 0 radical (unpaired) electrons. The number of hydrogen-bond donors (Lipinski definition) is 1. The molecule has 8 heteroatoms. The Labute approximate surface area is 115 Å². The third-order valence-corrected chi connectivity index (χ3v) is 3.73. The Kier molecular flexibility index (Phi) is 3.79. The van der Waals surface area contributed by atoms with Crippen LogP contribution in [-0.4, -0.2) is 18.0 Å². The monoisotopic (exact) mass is 301 g/mol. The molecule has 2 rings (SSSR count). The number of rotatable bonds is 4. The molecular formula is C11H12ClN3O3S. The Hall–Kier alpha value is -1.57. The third-order valence-electron chi connectivity index (χ3n) is 2.52. The predicted octanol–water partition coefficient (Wildman–Crippen LogP) is 1.30. The number of aryl methyl sites for hydroxylation is 1. The summed E-state index contributed by atoms with van der Waals surface area (Å²) in [4.78, 5) is 3.91. The second-order valence-electron chi connectivity index (χ2n) is 3.92. The van der Waals surface area contributed by atoms with Crippen LogP contribution in [0.25, 0.3) is 0 Å². The smallest absolute Gasteiger partial charge is 0.238 e. The lowest BCUT2D eigenvalue weighted by Crippen LogP contribution is -2.12. The van der Waals surface area contributed by atoms with E-state index >= 15 is 0 Å². The number of halogens is 1. The Morgan fingerprint density at radius 1 is 1.47 bits per heavy atom. The van der Waals surface area contributed by atoms with Crippen LogP contribution >= 0.6 is 11.6 Å². The minimum absolute atomic E-state index is 0.0506. The predicted molar refractivity (Wildman–Crippen MR) is 70.4 cm³/mol. The molecule has 0 bridgehead atoms. The summed E-state index contributed by atoms with van der Waals surface area (Å²) in [5.41, 5.74) is 0.867. The van der Waals surface area contributed by atoms with Gasteiger partial charge in [-0.2, -0.15) is 0 Å². The number of primary sulfonamides is 1. The topological polar surface area (TPSA) is 87.2 Å². The van der Waals surface area contributed by atoms with Crippen LogP contribution in [0.2, 0.25) is 5.02 Å². The quantitative estimate of drug-likeness (QED) is 0.922. The van der Waals surface area contributed by atoms with Gasteiger partial charge in [-0.1, -0.05) is 11.6 Å². The fourth-order valence-corrected chi connectivity index (χ4v) is 2.29. The first-order valence-corrected chi connectivity index (χ1v) is 7.20. The molecule has 0 amide bonds. The van der Waals surface area contributed by atoms with Gasteiger partial charge in [-0.25, -0.2) is 18.5 Å². The average molecular weight is 302 g/mol. The average Bonchev–Trinajstić information content (AvgIpc) is 2.72. The van der Waals surface area contributed by atoms with Crippen molar-refractivity contribution in [3.05, 3.63) is 41.4 Å². The van der Waals surface area contributed by atoms with Gasteiger partial charge in [0.25, 0.3) is 0 Å². The number of sulfonamides is 1. The van der Waals surface area contributed by atoms with Crippen molar-refractivity contribution in [1.82, 2.24) is 9.55 Å². The first-order valence-electron chi connectivity index (χ1n) is 5.28. The molecule has 0 unspecified atom stereocenters. The highest BCUT2D eigenvalue weighted by Gasteiger charge is 2.11. The Bertz CT molecular complexity index is 697. The lowest BCUT2D eigenvalue weighted by Gasteiger charge is -2.09. The third kappa shape index (κ3) is 3.25. The van der Waals surface area contributed by atoms with Crippen LogP contribution in [0.15, 0.2) is 35.6 Å². The van der Waals surface area contributed by atoms with E-state index in [1.54, 1.807) is 12.5 Å². The van der Waals surface area contributed by atoms with Crippen LogP contribution in [-0.2, 0) is 23.7 Å². The van der Waals surface area contributed by atoms with Crippen LogP contribution in [0.1, 0.15) is 5.69 Å². The Balaban J connectivity index is 2.16. The molecule has 0 aliphatic heterocycles. The van der Waals surface area contributed by atoms with Crippen LogP contribution < -0.4 is 9.88 Å². The minimum Gasteiger partial charge on any atom is -0.486 e. The van der Waals surface area contributed by atoms with Gasteiger partial charge in [-0.3, -0.25) is 0 Å². The molecule has 2 N–H and O–H groups in total. The molecule has 0 fully saturated rings. The van der Waals surface area contributed by atoms with E-state index in [9.17, 15) is 8.42 Å². The van der Waals surface area contributed by atoms with Crippen LogP contribution in [0.4, 0.5) is 0 Å². The van der Waals surface area contributed by atoms with Crippen molar-refractivity contribution in [2.45, 2.75) is 11.5 Å². The van der Waals surface area contributed by atoms with Crippen LogP contribution in [0, 0.1) is 0 Å². The van der Waals surface area contributed by atoms with Gasteiger partial charge in [0.05, 0.1) is 28.1 Å². The first-order chi connectivity index (χ1) is 8.88. The highest BCUT2D eigenvalue weighted by Crippen LogP contribution is 2.27. The van der Waals surface area contributed by atoms with E-state index in [2.05, 4.69) is 4.98 Å². The maximum absolute atomic E-state index is 11.2. The zero-order valence-corrected chi connectivity index (χ0v) is 11.6. The standard InChI is InChI=1S/C11H12ClN3O3S/c1-15-7-14-5-8(15)6-18-11-3-2-9(4-10(11)12)19(13,16)17/h2-5,7H,6H2,1H3,(H2,13,16,17). The molecule has 6 nitrogen and oxygen atoms in total. The number of hydrogen-bond acceptors (Lipinski definition) is 4. The van der Waals surface area contributed by atoms with Gasteiger partial charge in [0.2, 0.25) is 10.0 Å². The summed E-state index contributed by atoms with van der Waals surface area (Å²) in [6.45, 7) is 0.283. The molecule has 0 aliphatic rings. The van der Waals surface area contributed by atoms with Crippen molar-refractivity contribution in [2.75, 3.05) is 0 Å². The van der Waals surface area contributed by atoms with Gasteiger partial charge >= 0.3 is 0 Å². The molecule has 19 heavy (non-hydrogen) atoms. The van der Waals surface area contributed by atoms with E-state index in [1.807, 2.05) is 11.6 Å². The van der Waals surface area contributed by atoms with Gasteiger partial charge < -0.3 is 9.30 Å². The van der Waals surface area contributed by atoms with E-state index in [-0.39, 0.29) is 16.5 Å². The lowest BCUT2D eigenvalue weighted by atomic mass is 10.3. The molecule has 1 aromatic heterocycles. The van der Waals surface area contributed by atoms with E-state index in [0.717, 1.165) is 5.69 Å². The summed E-state index contributed by atoms with van der Waals surface area (Å²) in [6.07, 6.45) is 3.33. The minimum atomic E-state index is -3.76. The Morgan fingerprint density at radius 3 is 2.74 bits per heavy atom. The molecular weight excluding hydrogens is 290 g/mol.